The highest BCUT2D eigenvalue weighted by Gasteiger charge is 2.38. The Kier molecular flexibility index (Phi) is 3.82. The van der Waals surface area contributed by atoms with Gasteiger partial charge in [0.2, 0.25) is 0 Å². The Morgan fingerprint density at radius 3 is 2.20 bits per heavy atom. The van der Waals surface area contributed by atoms with Crippen molar-refractivity contribution in [3.8, 4) is 11.5 Å². The maximum absolute atomic E-state index is 5.77. The van der Waals surface area contributed by atoms with Gasteiger partial charge in [-0.15, -0.1) is 5.54 Å². The highest BCUT2D eigenvalue weighted by atomic mass is 28.4. The topological polar surface area (TPSA) is 21.8 Å². The molecule has 1 saturated heterocycles. The van der Waals surface area contributed by atoms with E-state index in [0.29, 0.717) is 0 Å². The van der Waals surface area contributed by atoms with E-state index in [0.717, 1.165) is 6.61 Å². The smallest absolute Gasteiger partial charge is 0.183 e. The molecule has 2 atom stereocenters. The average molecular weight is 242 g/mol. The summed E-state index contributed by atoms with van der Waals surface area (Å²) in [6.07, 6.45) is 0.383. The summed E-state index contributed by atoms with van der Waals surface area (Å²) in [4.78, 5) is 0. The van der Waals surface area contributed by atoms with Crippen molar-refractivity contribution in [2.24, 2.45) is 0 Å². The molecule has 4 heteroatoms. The molecule has 0 N–H and O–H groups in total. The van der Waals surface area contributed by atoms with Crippen molar-refractivity contribution >= 4 is 16.4 Å². The second kappa shape index (κ2) is 4.42. The summed E-state index contributed by atoms with van der Waals surface area (Å²) >= 11 is 0. The lowest BCUT2D eigenvalue weighted by Gasteiger charge is -2.15. The van der Waals surface area contributed by atoms with Gasteiger partial charge in [-0.2, -0.15) is 0 Å². The summed E-state index contributed by atoms with van der Waals surface area (Å²) in [6.45, 7) is 14.0. The van der Waals surface area contributed by atoms with Crippen molar-refractivity contribution in [2.75, 3.05) is 6.61 Å². The minimum Gasteiger partial charge on any atom is -0.415 e. The Balaban J connectivity index is 2.26. The van der Waals surface area contributed by atoms with Crippen molar-refractivity contribution in [2.45, 2.75) is 51.5 Å². The molecule has 1 rings (SSSR count). The number of ether oxygens (including phenoxy) is 1. The lowest BCUT2D eigenvalue weighted by molar-refractivity contribution is 0.256. The van der Waals surface area contributed by atoms with Crippen LogP contribution in [-0.2, 0) is 9.16 Å². The zero-order valence-electron chi connectivity index (χ0n) is 10.7. The van der Waals surface area contributed by atoms with E-state index in [9.17, 15) is 0 Å². The Bertz CT molecular complexity index is 278. The van der Waals surface area contributed by atoms with Gasteiger partial charge in [0.05, 0.1) is 6.61 Å². The summed E-state index contributed by atoms with van der Waals surface area (Å²) in [6, 6.07) is 0. The summed E-state index contributed by atoms with van der Waals surface area (Å²) in [7, 11) is -2.63. The summed E-state index contributed by atoms with van der Waals surface area (Å²) in [5.41, 5.74) is 3.33. The fraction of sp³-hybridized carbons (Fsp3) is 0.818. The zero-order valence-corrected chi connectivity index (χ0v) is 12.7. The van der Waals surface area contributed by atoms with Crippen LogP contribution in [0.25, 0.3) is 0 Å². The molecule has 0 bridgehead atoms. The van der Waals surface area contributed by atoms with Gasteiger partial charge in [-0.3, -0.25) is 0 Å². The van der Waals surface area contributed by atoms with Crippen LogP contribution in [0.5, 0.6) is 0 Å². The lowest BCUT2D eigenvalue weighted by Crippen LogP contribution is -2.27. The molecule has 1 heterocycles. The lowest BCUT2D eigenvalue weighted by atomic mass is 10.3. The first-order valence-electron chi connectivity index (χ1n) is 5.49. The van der Waals surface area contributed by atoms with Crippen LogP contribution >= 0.6 is 0 Å². The van der Waals surface area contributed by atoms with Gasteiger partial charge >= 0.3 is 0 Å². The van der Waals surface area contributed by atoms with Crippen LogP contribution in [0.1, 0.15) is 0 Å². The molecule has 1 fully saturated rings. The third-order valence-corrected chi connectivity index (χ3v) is 3.78. The van der Waals surface area contributed by atoms with Crippen molar-refractivity contribution in [3.05, 3.63) is 0 Å². The molecule has 0 aromatic heterocycles. The number of hydrogen-bond donors (Lipinski definition) is 0. The minimum absolute atomic E-state index is 0.146. The number of epoxide rings is 1. The predicted octanol–water partition coefficient (Wildman–Crippen LogP) is 2.49. The van der Waals surface area contributed by atoms with E-state index in [2.05, 4.69) is 50.7 Å². The van der Waals surface area contributed by atoms with Gasteiger partial charge in [0.1, 0.15) is 20.3 Å². The molecule has 86 valence electrons. The van der Waals surface area contributed by atoms with Gasteiger partial charge < -0.3 is 9.16 Å². The van der Waals surface area contributed by atoms with Crippen molar-refractivity contribution in [1.29, 1.82) is 0 Å². The van der Waals surface area contributed by atoms with E-state index in [-0.39, 0.29) is 12.2 Å². The van der Waals surface area contributed by atoms with Crippen molar-refractivity contribution < 1.29 is 9.16 Å². The normalized spacial score (nSPS) is 25.7. The van der Waals surface area contributed by atoms with E-state index in [1.807, 2.05) is 0 Å². The first-order valence-corrected chi connectivity index (χ1v) is 12.4. The quantitative estimate of drug-likeness (QED) is 0.431. The number of hydrogen-bond acceptors (Lipinski definition) is 2. The summed E-state index contributed by atoms with van der Waals surface area (Å²) in [5, 5.41) is 0. The third-order valence-electron chi connectivity index (χ3n) is 1.85. The molecule has 0 spiro atoms. The maximum atomic E-state index is 5.77. The Morgan fingerprint density at radius 1 is 1.13 bits per heavy atom. The first kappa shape index (κ1) is 13.0. The van der Waals surface area contributed by atoms with Crippen LogP contribution in [-0.4, -0.2) is 35.2 Å². The third kappa shape index (κ3) is 6.15. The highest BCUT2D eigenvalue weighted by molar-refractivity contribution is 6.83. The van der Waals surface area contributed by atoms with Crippen LogP contribution in [0, 0.1) is 11.5 Å². The molecule has 0 amide bonds. The molecule has 0 aliphatic carbocycles. The molecule has 0 aromatic carbocycles. The fourth-order valence-corrected chi connectivity index (χ4v) is 2.26. The second-order valence-electron chi connectivity index (χ2n) is 6.04. The summed E-state index contributed by atoms with van der Waals surface area (Å²) < 4.78 is 11.2. The van der Waals surface area contributed by atoms with Gasteiger partial charge in [-0.1, -0.05) is 25.6 Å². The average Bonchev–Trinajstić information content (AvgIpc) is 2.73. The van der Waals surface area contributed by atoms with E-state index in [1.165, 1.54) is 0 Å². The monoisotopic (exact) mass is 242 g/mol. The molecule has 1 aliphatic heterocycles. The number of rotatable bonds is 3. The van der Waals surface area contributed by atoms with E-state index in [4.69, 9.17) is 9.16 Å². The van der Waals surface area contributed by atoms with Crippen LogP contribution in [0.2, 0.25) is 39.3 Å². The molecular weight excluding hydrogens is 220 g/mol. The predicted molar refractivity (Wildman–Crippen MR) is 69.1 cm³/mol. The van der Waals surface area contributed by atoms with Gasteiger partial charge in [-0.25, -0.2) is 0 Å². The van der Waals surface area contributed by atoms with E-state index >= 15 is 0 Å². The SMILES string of the molecule is C[Si](C)(C)C#C[C@@H]1O[C@@H]1CO[Si](C)(C)C. The molecular formula is C11H22O2Si2. The molecule has 1 aliphatic rings. The molecule has 15 heavy (non-hydrogen) atoms. The summed E-state index contributed by atoms with van der Waals surface area (Å²) in [5.74, 6) is 3.21. The second-order valence-corrected chi connectivity index (χ2v) is 15.3. The van der Waals surface area contributed by atoms with Crippen molar-refractivity contribution in [1.82, 2.24) is 0 Å². The minimum atomic E-state index is -1.39. The fourth-order valence-electron chi connectivity index (χ4n) is 1.02. The first-order chi connectivity index (χ1) is 6.67. The van der Waals surface area contributed by atoms with Crippen LogP contribution in [0.15, 0.2) is 0 Å². The van der Waals surface area contributed by atoms with Gasteiger partial charge in [0.25, 0.3) is 0 Å². The van der Waals surface area contributed by atoms with Gasteiger partial charge in [-0.05, 0) is 19.6 Å². The molecule has 0 saturated carbocycles. The molecule has 0 radical (unpaired) electrons. The van der Waals surface area contributed by atoms with Crippen LogP contribution in [0.4, 0.5) is 0 Å². The van der Waals surface area contributed by atoms with Gasteiger partial charge in [0.15, 0.2) is 8.32 Å². The molecule has 0 aromatic rings. The van der Waals surface area contributed by atoms with Crippen molar-refractivity contribution in [3.63, 3.8) is 0 Å². The van der Waals surface area contributed by atoms with Gasteiger partial charge in [0, 0.05) is 0 Å². The standard InChI is InChI=1S/C11H22O2Si2/c1-14(2,3)8-7-10-11(13-10)9-12-15(4,5)6/h10-11H,9H2,1-6H3/t10-,11+/m0/s1. The van der Waals surface area contributed by atoms with E-state index in [1.54, 1.807) is 0 Å². The largest absolute Gasteiger partial charge is 0.415 e. The molecule has 0 unspecified atom stereocenters. The maximum Gasteiger partial charge on any atom is 0.183 e. The zero-order chi connectivity index (χ0) is 11.7. The Hall–Kier alpha value is -0.0862. The van der Waals surface area contributed by atoms with Crippen LogP contribution in [0.3, 0.4) is 0 Å². The van der Waals surface area contributed by atoms with Crippen LogP contribution < -0.4 is 0 Å². The Labute approximate surface area is 95.5 Å². The van der Waals surface area contributed by atoms with E-state index < -0.39 is 16.4 Å². The Morgan fingerprint density at radius 2 is 1.73 bits per heavy atom. The highest BCUT2D eigenvalue weighted by Crippen LogP contribution is 2.23. The molecule has 2 nitrogen and oxygen atoms in total.